The molecule has 1 aromatic rings. The first-order chi connectivity index (χ1) is 9.35. The summed E-state index contributed by atoms with van der Waals surface area (Å²) in [4.78, 5) is 23.2. The molecule has 0 unspecified atom stereocenters. The van der Waals surface area contributed by atoms with E-state index in [9.17, 15) is 4.79 Å². The van der Waals surface area contributed by atoms with Crippen molar-refractivity contribution >= 4 is 11.7 Å². The van der Waals surface area contributed by atoms with Crippen molar-refractivity contribution in [3.63, 3.8) is 0 Å². The summed E-state index contributed by atoms with van der Waals surface area (Å²) in [6.45, 7) is 9.74. The van der Waals surface area contributed by atoms with Gasteiger partial charge in [0.05, 0.1) is 0 Å². The van der Waals surface area contributed by atoms with Gasteiger partial charge in [-0.2, -0.15) is 0 Å². The van der Waals surface area contributed by atoms with Crippen LogP contribution in [0, 0.1) is 6.92 Å². The van der Waals surface area contributed by atoms with Gasteiger partial charge in [0.2, 0.25) is 0 Å². The SMILES string of the molecule is Cc1nc(C(=O)NC(C)(C)C)cc(N2CCCCC2)n1. The number of piperidine rings is 1. The van der Waals surface area contributed by atoms with Crippen LogP contribution in [0.4, 0.5) is 5.82 Å². The molecule has 0 aliphatic carbocycles. The highest BCUT2D eigenvalue weighted by molar-refractivity contribution is 5.93. The average Bonchev–Trinajstić information content (AvgIpc) is 2.37. The number of nitrogens with zero attached hydrogens (tertiary/aromatic N) is 3. The zero-order valence-electron chi connectivity index (χ0n) is 12.9. The summed E-state index contributed by atoms with van der Waals surface area (Å²) in [6, 6.07) is 1.80. The summed E-state index contributed by atoms with van der Waals surface area (Å²) >= 11 is 0. The monoisotopic (exact) mass is 276 g/mol. The van der Waals surface area contributed by atoms with Crippen LogP contribution in [0.25, 0.3) is 0 Å². The van der Waals surface area contributed by atoms with Gasteiger partial charge in [-0.05, 0) is 47.0 Å². The number of nitrogens with one attached hydrogen (secondary N) is 1. The van der Waals surface area contributed by atoms with Gasteiger partial charge >= 0.3 is 0 Å². The molecule has 0 saturated carbocycles. The average molecular weight is 276 g/mol. The number of amides is 1. The molecule has 2 heterocycles. The van der Waals surface area contributed by atoms with Crippen molar-refractivity contribution in [1.29, 1.82) is 0 Å². The highest BCUT2D eigenvalue weighted by Crippen LogP contribution is 2.18. The van der Waals surface area contributed by atoms with E-state index in [4.69, 9.17) is 0 Å². The molecule has 1 saturated heterocycles. The summed E-state index contributed by atoms with van der Waals surface area (Å²) in [6.07, 6.45) is 3.65. The number of hydrogen-bond acceptors (Lipinski definition) is 4. The predicted molar refractivity (Wildman–Crippen MR) is 80.1 cm³/mol. The van der Waals surface area contributed by atoms with Crippen LogP contribution in [0.1, 0.15) is 56.3 Å². The van der Waals surface area contributed by atoms with Crippen LogP contribution in [0.3, 0.4) is 0 Å². The molecule has 1 aliphatic rings. The normalized spacial score (nSPS) is 16.1. The van der Waals surface area contributed by atoms with Crippen molar-refractivity contribution < 1.29 is 4.79 Å². The van der Waals surface area contributed by atoms with Gasteiger partial charge in [0.25, 0.3) is 5.91 Å². The van der Waals surface area contributed by atoms with E-state index in [-0.39, 0.29) is 11.4 Å². The second kappa shape index (κ2) is 5.77. The Labute approximate surface area is 120 Å². The Morgan fingerprint density at radius 1 is 1.20 bits per heavy atom. The van der Waals surface area contributed by atoms with Gasteiger partial charge in [0.15, 0.2) is 0 Å². The second-order valence-corrected chi connectivity index (χ2v) is 6.41. The van der Waals surface area contributed by atoms with Gasteiger partial charge < -0.3 is 10.2 Å². The van der Waals surface area contributed by atoms with E-state index < -0.39 is 0 Å². The lowest BCUT2D eigenvalue weighted by Gasteiger charge is -2.28. The summed E-state index contributed by atoms with van der Waals surface area (Å²) in [5.74, 6) is 1.38. The van der Waals surface area contributed by atoms with Crippen LogP contribution in [0.2, 0.25) is 0 Å². The summed E-state index contributed by atoms with van der Waals surface area (Å²) in [5.41, 5.74) is 0.189. The van der Waals surface area contributed by atoms with E-state index in [1.807, 2.05) is 27.7 Å². The van der Waals surface area contributed by atoms with Gasteiger partial charge in [0.1, 0.15) is 17.3 Å². The standard InChI is InChI=1S/C15H24N4O/c1-11-16-12(14(20)18-15(2,3)4)10-13(17-11)19-8-6-5-7-9-19/h10H,5-9H2,1-4H3,(H,18,20). The minimum Gasteiger partial charge on any atom is -0.356 e. The minimum absolute atomic E-state index is 0.138. The van der Waals surface area contributed by atoms with E-state index in [0.717, 1.165) is 18.9 Å². The first-order valence-corrected chi connectivity index (χ1v) is 7.28. The molecule has 0 bridgehead atoms. The third kappa shape index (κ3) is 3.92. The number of anilines is 1. The smallest absolute Gasteiger partial charge is 0.270 e. The van der Waals surface area contributed by atoms with E-state index in [1.165, 1.54) is 19.3 Å². The molecule has 2 rings (SSSR count). The van der Waals surface area contributed by atoms with Crippen molar-refractivity contribution in [2.75, 3.05) is 18.0 Å². The maximum Gasteiger partial charge on any atom is 0.270 e. The van der Waals surface area contributed by atoms with Crippen LogP contribution in [-0.4, -0.2) is 34.5 Å². The fourth-order valence-electron chi connectivity index (χ4n) is 2.36. The summed E-state index contributed by atoms with van der Waals surface area (Å²) in [7, 11) is 0. The first-order valence-electron chi connectivity index (χ1n) is 7.28. The van der Waals surface area contributed by atoms with E-state index >= 15 is 0 Å². The molecule has 1 aliphatic heterocycles. The molecule has 20 heavy (non-hydrogen) atoms. The van der Waals surface area contributed by atoms with Crippen molar-refractivity contribution in [3.05, 3.63) is 17.6 Å². The Hall–Kier alpha value is -1.65. The molecule has 0 aromatic carbocycles. The molecule has 0 radical (unpaired) electrons. The van der Waals surface area contributed by atoms with E-state index in [1.54, 1.807) is 6.07 Å². The van der Waals surface area contributed by atoms with Gasteiger partial charge in [-0.25, -0.2) is 9.97 Å². The molecular weight excluding hydrogens is 252 g/mol. The maximum atomic E-state index is 12.2. The maximum absolute atomic E-state index is 12.2. The number of rotatable bonds is 2. The molecule has 1 aromatic heterocycles. The second-order valence-electron chi connectivity index (χ2n) is 6.41. The highest BCUT2D eigenvalue weighted by atomic mass is 16.2. The van der Waals surface area contributed by atoms with Gasteiger partial charge in [-0.3, -0.25) is 4.79 Å². The van der Waals surface area contributed by atoms with E-state index in [0.29, 0.717) is 11.5 Å². The first kappa shape index (κ1) is 14.8. The van der Waals surface area contributed by atoms with Crippen molar-refractivity contribution in [2.45, 2.75) is 52.5 Å². The fourth-order valence-corrected chi connectivity index (χ4v) is 2.36. The lowest BCUT2D eigenvalue weighted by atomic mass is 10.1. The molecule has 0 atom stereocenters. The van der Waals surface area contributed by atoms with Gasteiger partial charge in [0, 0.05) is 24.7 Å². The Bertz CT molecular complexity index is 487. The Morgan fingerprint density at radius 3 is 2.45 bits per heavy atom. The van der Waals surface area contributed by atoms with Gasteiger partial charge in [-0.15, -0.1) is 0 Å². The molecule has 5 nitrogen and oxygen atoms in total. The van der Waals surface area contributed by atoms with Crippen LogP contribution >= 0.6 is 0 Å². The molecule has 5 heteroatoms. The summed E-state index contributed by atoms with van der Waals surface area (Å²) in [5, 5.41) is 2.95. The van der Waals surface area contributed by atoms with Gasteiger partial charge in [-0.1, -0.05) is 0 Å². The number of hydrogen-bond donors (Lipinski definition) is 1. The minimum atomic E-state index is -0.263. The highest BCUT2D eigenvalue weighted by Gasteiger charge is 2.19. The van der Waals surface area contributed by atoms with Crippen LogP contribution in [-0.2, 0) is 0 Å². The Kier molecular flexibility index (Phi) is 4.26. The lowest BCUT2D eigenvalue weighted by Crippen LogP contribution is -2.41. The molecular formula is C15H24N4O. The quantitative estimate of drug-likeness (QED) is 0.900. The topological polar surface area (TPSA) is 58.1 Å². The molecule has 1 fully saturated rings. The molecule has 110 valence electrons. The largest absolute Gasteiger partial charge is 0.356 e. The summed E-state index contributed by atoms with van der Waals surface area (Å²) < 4.78 is 0. The number of aromatic nitrogens is 2. The third-order valence-electron chi connectivity index (χ3n) is 3.23. The number of carbonyl (C=O) groups is 1. The third-order valence-corrected chi connectivity index (χ3v) is 3.23. The predicted octanol–water partition coefficient (Wildman–Crippen LogP) is 2.30. The fraction of sp³-hybridized carbons (Fsp3) is 0.667. The molecule has 0 spiro atoms. The Morgan fingerprint density at radius 2 is 1.85 bits per heavy atom. The molecule has 1 N–H and O–H groups in total. The van der Waals surface area contributed by atoms with Crippen molar-refractivity contribution in [2.24, 2.45) is 0 Å². The van der Waals surface area contributed by atoms with Crippen molar-refractivity contribution in [1.82, 2.24) is 15.3 Å². The number of aryl methyl sites for hydroxylation is 1. The van der Waals surface area contributed by atoms with Crippen LogP contribution in [0.5, 0.6) is 0 Å². The van der Waals surface area contributed by atoms with Crippen LogP contribution < -0.4 is 10.2 Å². The molecule has 1 amide bonds. The zero-order chi connectivity index (χ0) is 14.8. The van der Waals surface area contributed by atoms with Crippen molar-refractivity contribution in [3.8, 4) is 0 Å². The Balaban J connectivity index is 2.21. The van der Waals surface area contributed by atoms with Crippen LogP contribution in [0.15, 0.2) is 6.07 Å². The lowest BCUT2D eigenvalue weighted by molar-refractivity contribution is 0.0914. The van der Waals surface area contributed by atoms with E-state index in [2.05, 4.69) is 20.2 Å². The number of carbonyl (C=O) groups excluding carboxylic acids is 1. The zero-order valence-corrected chi connectivity index (χ0v) is 12.9.